The van der Waals surface area contributed by atoms with Gasteiger partial charge in [-0.3, -0.25) is 4.79 Å². The highest BCUT2D eigenvalue weighted by atomic mass is 16.4. The first-order valence-corrected chi connectivity index (χ1v) is 2.91. The lowest BCUT2D eigenvalue weighted by Crippen LogP contribution is -2.05. The number of carbonyl (C=O) groups excluding carboxylic acids is 1. The molecule has 0 saturated heterocycles. The maximum absolute atomic E-state index is 9.60. The molecule has 0 rings (SSSR count). The van der Waals surface area contributed by atoms with E-state index in [1.807, 2.05) is 0 Å². The lowest BCUT2D eigenvalue weighted by molar-refractivity contribution is -0.148. The predicted octanol–water partition coefficient (Wildman–Crippen LogP) is 0.307. The molecule has 0 saturated carbocycles. The van der Waals surface area contributed by atoms with Gasteiger partial charge >= 0.3 is 11.9 Å². The summed E-state index contributed by atoms with van der Waals surface area (Å²) in [7, 11) is 0. The van der Waals surface area contributed by atoms with E-state index in [0.717, 1.165) is 6.92 Å². The zero-order valence-corrected chi connectivity index (χ0v) is 6.83. The van der Waals surface area contributed by atoms with Gasteiger partial charge < -0.3 is 10.2 Å². The average Bonchev–Trinajstić information content (AvgIpc) is 1.88. The molecule has 2 N–H and O–H groups in total. The van der Waals surface area contributed by atoms with Crippen LogP contribution in [-0.4, -0.2) is 27.9 Å². The van der Waals surface area contributed by atoms with Gasteiger partial charge in [-0.2, -0.15) is 0 Å². The Morgan fingerprint density at radius 1 is 1.00 bits per heavy atom. The number of carboxylic acids is 2. The van der Waals surface area contributed by atoms with Crippen LogP contribution in [0.5, 0.6) is 0 Å². The fourth-order valence-corrected chi connectivity index (χ4v) is 0. The third kappa shape index (κ3) is 11.2. The van der Waals surface area contributed by atoms with Gasteiger partial charge in [0.2, 0.25) is 5.78 Å². The molecule has 0 radical (unpaired) electrons. The summed E-state index contributed by atoms with van der Waals surface area (Å²) in [5, 5.41) is 15.5. The van der Waals surface area contributed by atoms with Crippen molar-refractivity contribution in [3.05, 3.63) is 12.2 Å². The van der Waals surface area contributed by atoms with Gasteiger partial charge in [0.1, 0.15) is 0 Å². The van der Waals surface area contributed by atoms with Crippen molar-refractivity contribution < 1.29 is 24.6 Å². The molecule has 0 heterocycles. The predicted molar refractivity (Wildman–Crippen MR) is 40.8 cm³/mol. The van der Waals surface area contributed by atoms with Gasteiger partial charge in [0.05, 0.1) is 0 Å². The van der Waals surface area contributed by atoms with Crippen LogP contribution in [0.4, 0.5) is 0 Å². The molecule has 5 heteroatoms. The molecule has 0 aromatic carbocycles. The van der Waals surface area contributed by atoms with Crippen LogP contribution in [-0.2, 0) is 14.4 Å². The van der Waals surface area contributed by atoms with Crippen LogP contribution < -0.4 is 0 Å². The standard InChI is InChI=1S/C4H6O2.C3H4O3/c1-3(2)4(5)6;1-2(4)3(5)6/h1H2,2H3,(H,5,6);1H3,(H,5,6). The van der Waals surface area contributed by atoms with Crippen LogP contribution in [0.25, 0.3) is 0 Å². The number of ketones is 1. The summed E-state index contributed by atoms with van der Waals surface area (Å²) in [4.78, 5) is 28.5. The highest BCUT2D eigenvalue weighted by Gasteiger charge is 1.98. The van der Waals surface area contributed by atoms with Crippen LogP contribution in [0.2, 0.25) is 0 Å². The van der Waals surface area contributed by atoms with Crippen LogP contribution in [0.1, 0.15) is 13.8 Å². The zero-order chi connectivity index (χ0) is 10.3. The van der Waals surface area contributed by atoms with Crippen LogP contribution in [0.3, 0.4) is 0 Å². The summed E-state index contributed by atoms with van der Waals surface area (Å²) in [5.41, 5.74) is 0.176. The Bertz CT molecular complexity index is 168. The number of rotatable bonds is 2. The highest BCUT2D eigenvalue weighted by Crippen LogP contribution is 1.81. The molecule has 12 heavy (non-hydrogen) atoms. The monoisotopic (exact) mass is 174 g/mol. The van der Waals surface area contributed by atoms with Gasteiger partial charge in [-0.05, 0) is 6.92 Å². The van der Waals surface area contributed by atoms with Crippen LogP contribution >= 0.6 is 0 Å². The lowest BCUT2D eigenvalue weighted by atomic mass is 10.4. The number of carbonyl (C=O) groups is 3. The minimum absolute atomic E-state index is 0.176. The molecule has 68 valence electrons. The van der Waals surface area contributed by atoms with Crippen molar-refractivity contribution in [3.63, 3.8) is 0 Å². The van der Waals surface area contributed by atoms with Crippen molar-refractivity contribution in [2.45, 2.75) is 13.8 Å². The normalized spacial score (nSPS) is 7.50. The molecular weight excluding hydrogens is 164 g/mol. The SMILES string of the molecule is C=C(C)C(=O)O.CC(=O)C(=O)O. The second-order valence-electron chi connectivity index (χ2n) is 1.95. The van der Waals surface area contributed by atoms with E-state index in [4.69, 9.17) is 10.2 Å². The number of carboxylic acid groups (broad SMARTS) is 2. The van der Waals surface area contributed by atoms with E-state index < -0.39 is 17.7 Å². The summed E-state index contributed by atoms with van der Waals surface area (Å²) in [6.45, 7) is 5.60. The fourth-order valence-electron chi connectivity index (χ4n) is 0. The van der Waals surface area contributed by atoms with Crippen molar-refractivity contribution in [2.24, 2.45) is 0 Å². The molecule has 5 nitrogen and oxygen atoms in total. The first-order chi connectivity index (χ1) is 5.29. The second-order valence-corrected chi connectivity index (χ2v) is 1.95. The number of hydrogen-bond acceptors (Lipinski definition) is 3. The minimum atomic E-state index is -1.38. The number of aliphatic carboxylic acids is 2. The third-order valence-electron chi connectivity index (χ3n) is 0.666. The van der Waals surface area contributed by atoms with E-state index in [1.165, 1.54) is 6.92 Å². The molecule has 0 aliphatic heterocycles. The van der Waals surface area contributed by atoms with Gasteiger partial charge in [0.15, 0.2) is 0 Å². The third-order valence-corrected chi connectivity index (χ3v) is 0.666. The Balaban J connectivity index is 0. The maximum atomic E-state index is 9.60. The first kappa shape index (κ1) is 13.0. The van der Waals surface area contributed by atoms with E-state index in [1.54, 1.807) is 0 Å². The van der Waals surface area contributed by atoms with Gasteiger partial charge in [-0.1, -0.05) is 6.58 Å². The molecule has 0 fully saturated rings. The fraction of sp³-hybridized carbons (Fsp3) is 0.286. The molecule has 0 aliphatic carbocycles. The Hall–Kier alpha value is -1.65. The summed E-state index contributed by atoms with van der Waals surface area (Å²) in [5.74, 6) is -3.14. The molecule has 0 bridgehead atoms. The Morgan fingerprint density at radius 2 is 1.17 bits per heavy atom. The Kier molecular flexibility index (Phi) is 6.58. The zero-order valence-electron chi connectivity index (χ0n) is 6.83. The number of Topliss-reactive ketones (excluding diaryl/α,β-unsaturated/α-hetero) is 1. The van der Waals surface area contributed by atoms with E-state index in [-0.39, 0.29) is 5.57 Å². The summed E-state index contributed by atoms with van der Waals surface area (Å²) in [6.07, 6.45) is 0. The van der Waals surface area contributed by atoms with Gasteiger partial charge in [0.25, 0.3) is 0 Å². The van der Waals surface area contributed by atoms with E-state index in [0.29, 0.717) is 0 Å². The Labute approximate surface area is 69.3 Å². The Morgan fingerprint density at radius 3 is 1.17 bits per heavy atom. The van der Waals surface area contributed by atoms with Crippen molar-refractivity contribution in [1.82, 2.24) is 0 Å². The smallest absolute Gasteiger partial charge is 0.371 e. The molecule has 0 amide bonds. The van der Waals surface area contributed by atoms with E-state index in [2.05, 4.69) is 6.58 Å². The second kappa shape index (κ2) is 6.09. The van der Waals surface area contributed by atoms with Crippen LogP contribution in [0.15, 0.2) is 12.2 Å². The topological polar surface area (TPSA) is 91.7 Å². The van der Waals surface area contributed by atoms with Crippen molar-refractivity contribution in [1.29, 1.82) is 0 Å². The largest absolute Gasteiger partial charge is 0.478 e. The van der Waals surface area contributed by atoms with Crippen LogP contribution in [0, 0.1) is 0 Å². The summed E-state index contributed by atoms with van der Waals surface area (Å²) in [6, 6.07) is 0. The first-order valence-electron chi connectivity index (χ1n) is 2.91. The van der Waals surface area contributed by atoms with E-state index in [9.17, 15) is 14.4 Å². The molecular formula is C7H10O5. The number of hydrogen-bond donors (Lipinski definition) is 2. The molecule has 0 spiro atoms. The van der Waals surface area contributed by atoms with Crippen molar-refractivity contribution in [2.75, 3.05) is 0 Å². The average molecular weight is 174 g/mol. The highest BCUT2D eigenvalue weighted by molar-refractivity contribution is 6.31. The van der Waals surface area contributed by atoms with Gasteiger partial charge in [-0.15, -0.1) is 0 Å². The van der Waals surface area contributed by atoms with E-state index >= 15 is 0 Å². The van der Waals surface area contributed by atoms with Crippen molar-refractivity contribution >= 4 is 17.7 Å². The molecule has 0 aliphatic rings. The maximum Gasteiger partial charge on any atom is 0.371 e. The summed E-state index contributed by atoms with van der Waals surface area (Å²) >= 11 is 0. The van der Waals surface area contributed by atoms with Gasteiger partial charge in [-0.25, -0.2) is 9.59 Å². The molecule has 0 unspecified atom stereocenters. The lowest BCUT2D eigenvalue weighted by Gasteiger charge is -1.79. The quantitative estimate of drug-likeness (QED) is 0.464. The van der Waals surface area contributed by atoms with Gasteiger partial charge in [0, 0.05) is 12.5 Å². The molecule has 0 aromatic heterocycles. The molecule has 0 aromatic rings. The molecule has 0 atom stereocenters. The minimum Gasteiger partial charge on any atom is -0.478 e. The summed E-state index contributed by atoms with van der Waals surface area (Å²) < 4.78 is 0. The van der Waals surface area contributed by atoms with Crippen molar-refractivity contribution in [3.8, 4) is 0 Å².